The Balaban J connectivity index is 1.97. The molecule has 0 spiro atoms. The van der Waals surface area contributed by atoms with Crippen LogP contribution in [0.25, 0.3) is 0 Å². The van der Waals surface area contributed by atoms with E-state index in [0.29, 0.717) is 19.8 Å². The van der Waals surface area contributed by atoms with E-state index in [0.717, 1.165) is 31.8 Å². The molecule has 0 radical (unpaired) electrons. The van der Waals surface area contributed by atoms with Crippen LogP contribution in [0.3, 0.4) is 0 Å². The van der Waals surface area contributed by atoms with E-state index in [-0.39, 0.29) is 0 Å². The molecular weight excluding hydrogens is 230 g/mol. The molecule has 4 heteroatoms. The van der Waals surface area contributed by atoms with Crippen LogP contribution in [0.4, 0.5) is 0 Å². The first kappa shape index (κ1) is 13.8. The number of hydrogen-bond acceptors (Lipinski definition) is 3. The van der Waals surface area contributed by atoms with E-state index in [9.17, 15) is 9.90 Å². The van der Waals surface area contributed by atoms with Crippen molar-refractivity contribution in [2.75, 3.05) is 32.8 Å². The quantitative estimate of drug-likeness (QED) is 0.838. The second-order valence-corrected chi connectivity index (χ2v) is 6.05. The van der Waals surface area contributed by atoms with Gasteiger partial charge in [-0.25, -0.2) is 0 Å². The molecule has 2 aliphatic rings. The summed E-state index contributed by atoms with van der Waals surface area (Å²) in [5.41, 5.74) is -0.661. The molecule has 0 saturated carbocycles. The van der Waals surface area contributed by atoms with E-state index in [1.165, 1.54) is 19.3 Å². The van der Waals surface area contributed by atoms with Crippen molar-refractivity contribution in [3.63, 3.8) is 0 Å². The first-order valence-corrected chi connectivity index (χ1v) is 7.16. The molecule has 2 aliphatic heterocycles. The van der Waals surface area contributed by atoms with Gasteiger partial charge in [0.05, 0.1) is 6.61 Å². The highest BCUT2D eigenvalue weighted by molar-refractivity contribution is 5.75. The van der Waals surface area contributed by atoms with Gasteiger partial charge in [0.2, 0.25) is 0 Å². The van der Waals surface area contributed by atoms with Gasteiger partial charge in [-0.1, -0.05) is 6.92 Å². The van der Waals surface area contributed by atoms with Crippen LogP contribution in [-0.2, 0) is 9.53 Å². The molecule has 0 aromatic carbocycles. The zero-order chi connectivity index (χ0) is 13.0. The predicted octanol–water partition coefficient (Wildman–Crippen LogP) is 1.99. The Kier molecular flexibility index (Phi) is 4.62. The van der Waals surface area contributed by atoms with E-state index in [1.807, 2.05) is 0 Å². The van der Waals surface area contributed by atoms with Crippen LogP contribution < -0.4 is 0 Å². The number of carboxylic acids is 1. The molecule has 2 heterocycles. The third kappa shape index (κ3) is 3.23. The first-order chi connectivity index (χ1) is 8.62. The monoisotopic (exact) mass is 255 g/mol. The summed E-state index contributed by atoms with van der Waals surface area (Å²) in [5, 5.41) is 9.54. The van der Waals surface area contributed by atoms with Crippen LogP contribution in [-0.4, -0.2) is 48.8 Å². The van der Waals surface area contributed by atoms with Crippen molar-refractivity contribution in [2.24, 2.45) is 11.3 Å². The topological polar surface area (TPSA) is 49.8 Å². The lowest BCUT2D eigenvalue weighted by Crippen LogP contribution is -2.48. The van der Waals surface area contributed by atoms with Crippen molar-refractivity contribution in [1.29, 1.82) is 0 Å². The predicted molar refractivity (Wildman–Crippen MR) is 69.6 cm³/mol. The molecule has 2 fully saturated rings. The Bertz CT molecular complexity index is 287. The maximum atomic E-state index is 11.6. The molecule has 0 aromatic rings. The van der Waals surface area contributed by atoms with E-state index in [1.54, 1.807) is 0 Å². The standard InChI is InChI=1S/C14H25NO3/c1-12-4-2-7-15(8-5-12)10-14(13(16)17)6-3-9-18-11-14/h12H,2-11H2,1H3,(H,16,17). The molecule has 104 valence electrons. The van der Waals surface area contributed by atoms with Gasteiger partial charge in [0.1, 0.15) is 5.41 Å². The summed E-state index contributed by atoms with van der Waals surface area (Å²) < 4.78 is 5.43. The number of nitrogens with zero attached hydrogens (tertiary/aromatic N) is 1. The van der Waals surface area contributed by atoms with Crippen molar-refractivity contribution in [2.45, 2.75) is 39.0 Å². The van der Waals surface area contributed by atoms with Crippen molar-refractivity contribution in [1.82, 2.24) is 4.90 Å². The first-order valence-electron chi connectivity index (χ1n) is 7.16. The Morgan fingerprint density at radius 2 is 2.22 bits per heavy atom. The van der Waals surface area contributed by atoms with Crippen LogP contribution in [0.15, 0.2) is 0 Å². The summed E-state index contributed by atoms with van der Waals surface area (Å²) in [7, 11) is 0. The maximum Gasteiger partial charge on any atom is 0.313 e. The second-order valence-electron chi connectivity index (χ2n) is 6.05. The number of carboxylic acid groups (broad SMARTS) is 1. The minimum Gasteiger partial charge on any atom is -0.481 e. The lowest BCUT2D eigenvalue weighted by Gasteiger charge is -2.37. The van der Waals surface area contributed by atoms with Crippen LogP contribution in [0.1, 0.15) is 39.0 Å². The van der Waals surface area contributed by atoms with Gasteiger partial charge in [-0.2, -0.15) is 0 Å². The fourth-order valence-electron chi connectivity index (χ4n) is 3.12. The molecular formula is C14H25NO3. The maximum absolute atomic E-state index is 11.6. The normalized spacial score (nSPS) is 35.1. The van der Waals surface area contributed by atoms with Crippen LogP contribution >= 0.6 is 0 Å². The minimum absolute atomic E-state index is 0.383. The zero-order valence-electron chi connectivity index (χ0n) is 11.4. The lowest BCUT2D eigenvalue weighted by molar-refractivity contribution is -0.159. The zero-order valence-corrected chi connectivity index (χ0v) is 11.4. The van der Waals surface area contributed by atoms with Crippen LogP contribution in [0.5, 0.6) is 0 Å². The molecule has 2 unspecified atom stereocenters. The second kappa shape index (κ2) is 6.02. The summed E-state index contributed by atoms with van der Waals surface area (Å²) in [6, 6.07) is 0. The van der Waals surface area contributed by atoms with E-state index in [4.69, 9.17) is 4.74 Å². The Morgan fingerprint density at radius 1 is 1.39 bits per heavy atom. The number of ether oxygens (including phenoxy) is 1. The largest absolute Gasteiger partial charge is 0.481 e. The van der Waals surface area contributed by atoms with E-state index >= 15 is 0 Å². The van der Waals surface area contributed by atoms with Gasteiger partial charge < -0.3 is 14.7 Å². The average Bonchev–Trinajstić information content (AvgIpc) is 2.55. The Labute approximate surface area is 109 Å². The highest BCUT2D eigenvalue weighted by atomic mass is 16.5. The molecule has 0 aliphatic carbocycles. The van der Waals surface area contributed by atoms with Gasteiger partial charge in [-0.3, -0.25) is 4.79 Å². The Hall–Kier alpha value is -0.610. The van der Waals surface area contributed by atoms with Crippen LogP contribution in [0, 0.1) is 11.3 Å². The number of likely N-dealkylation sites (tertiary alicyclic amines) is 1. The molecule has 0 aromatic heterocycles. The van der Waals surface area contributed by atoms with Gasteiger partial charge in [0, 0.05) is 13.2 Å². The number of rotatable bonds is 3. The highest BCUT2D eigenvalue weighted by Crippen LogP contribution is 2.31. The third-order valence-electron chi connectivity index (χ3n) is 4.41. The van der Waals surface area contributed by atoms with Crippen molar-refractivity contribution >= 4 is 5.97 Å². The van der Waals surface area contributed by atoms with Gasteiger partial charge >= 0.3 is 5.97 Å². The molecule has 0 amide bonds. The van der Waals surface area contributed by atoms with E-state index < -0.39 is 11.4 Å². The van der Waals surface area contributed by atoms with Gasteiger partial charge in [0.25, 0.3) is 0 Å². The summed E-state index contributed by atoms with van der Waals surface area (Å²) in [4.78, 5) is 13.9. The molecule has 2 saturated heterocycles. The summed E-state index contributed by atoms with van der Waals surface area (Å²) in [6.07, 6.45) is 5.28. The van der Waals surface area contributed by atoms with Crippen molar-refractivity contribution in [3.8, 4) is 0 Å². The smallest absolute Gasteiger partial charge is 0.313 e. The number of carbonyl (C=O) groups is 1. The molecule has 2 atom stereocenters. The Morgan fingerprint density at radius 3 is 2.89 bits per heavy atom. The summed E-state index contributed by atoms with van der Waals surface area (Å²) in [6.45, 7) is 6.13. The fraction of sp³-hybridized carbons (Fsp3) is 0.929. The third-order valence-corrected chi connectivity index (χ3v) is 4.41. The van der Waals surface area contributed by atoms with Gasteiger partial charge in [0.15, 0.2) is 0 Å². The highest BCUT2D eigenvalue weighted by Gasteiger charge is 2.42. The van der Waals surface area contributed by atoms with Gasteiger partial charge in [-0.05, 0) is 51.1 Å². The minimum atomic E-state index is -0.681. The molecule has 0 bridgehead atoms. The number of hydrogen-bond donors (Lipinski definition) is 1. The molecule has 4 nitrogen and oxygen atoms in total. The van der Waals surface area contributed by atoms with Gasteiger partial charge in [-0.15, -0.1) is 0 Å². The van der Waals surface area contributed by atoms with Crippen molar-refractivity contribution in [3.05, 3.63) is 0 Å². The average molecular weight is 255 g/mol. The SMILES string of the molecule is CC1CCCN(CC2(C(=O)O)CCCOC2)CC1. The molecule has 1 N–H and O–H groups in total. The summed E-state index contributed by atoms with van der Waals surface area (Å²) in [5.74, 6) is 0.0953. The molecule has 18 heavy (non-hydrogen) atoms. The van der Waals surface area contributed by atoms with Crippen LogP contribution in [0.2, 0.25) is 0 Å². The van der Waals surface area contributed by atoms with Crippen molar-refractivity contribution < 1.29 is 14.6 Å². The molecule has 2 rings (SSSR count). The van der Waals surface area contributed by atoms with E-state index in [2.05, 4.69) is 11.8 Å². The number of aliphatic carboxylic acids is 1. The summed E-state index contributed by atoms with van der Waals surface area (Å²) >= 11 is 0. The lowest BCUT2D eigenvalue weighted by atomic mass is 9.82. The fourth-order valence-corrected chi connectivity index (χ4v) is 3.12.